The summed E-state index contributed by atoms with van der Waals surface area (Å²) in [7, 11) is 1.51. The Morgan fingerprint density at radius 3 is 2.96 bits per heavy atom. The van der Waals surface area contributed by atoms with Crippen LogP contribution in [0.4, 0.5) is 4.39 Å². The molecule has 2 aromatic rings. The SMILES string of the molecule is COc1ccc(F)c(CN2CCC[C@](O)(CNCCn3cc(C)nn3)C2=O)c1. The molecule has 1 atom stereocenters. The standard InChI is InChI=1S/C19H26FN5O3/c1-14-11-25(23-22-14)9-7-21-13-19(27)6-3-8-24(18(19)26)12-15-10-16(28-2)4-5-17(15)20/h4-5,10-11,21,27H,3,6-9,12-13H2,1-2H3/t19-/m0/s1. The summed E-state index contributed by atoms with van der Waals surface area (Å²) in [5.74, 6) is -0.254. The van der Waals surface area contributed by atoms with Crippen LogP contribution in [-0.4, -0.2) is 63.3 Å². The number of aryl methyl sites for hydroxylation is 1. The van der Waals surface area contributed by atoms with Crippen molar-refractivity contribution in [3.63, 3.8) is 0 Å². The van der Waals surface area contributed by atoms with Crippen molar-refractivity contribution in [1.82, 2.24) is 25.2 Å². The largest absolute Gasteiger partial charge is 0.497 e. The molecule has 2 N–H and O–H groups in total. The van der Waals surface area contributed by atoms with Crippen molar-refractivity contribution in [3.05, 3.63) is 41.5 Å². The van der Waals surface area contributed by atoms with E-state index in [4.69, 9.17) is 4.74 Å². The third kappa shape index (κ3) is 4.66. The summed E-state index contributed by atoms with van der Waals surface area (Å²) in [6.45, 7) is 3.71. The summed E-state index contributed by atoms with van der Waals surface area (Å²) in [6.07, 6.45) is 2.85. The molecular formula is C19H26FN5O3. The van der Waals surface area contributed by atoms with E-state index in [-0.39, 0.29) is 19.0 Å². The molecule has 9 heteroatoms. The van der Waals surface area contributed by atoms with Crippen molar-refractivity contribution in [2.75, 3.05) is 26.7 Å². The van der Waals surface area contributed by atoms with Gasteiger partial charge in [-0.05, 0) is 38.0 Å². The Bertz CT molecular complexity index is 828. The van der Waals surface area contributed by atoms with Gasteiger partial charge in [0.2, 0.25) is 0 Å². The number of carbonyl (C=O) groups excluding carboxylic acids is 1. The highest BCUT2D eigenvalue weighted by molar-refractivity contribution is 5.86. The minimum Gasteiger partial charge on any atom is -0.497 e. The number of methoxy groups -OCH3 is 1. The number of likely N-dealkylation sites (tertiary alicyclic amines) is 1. The van der Waals surface area contributed by atoms with Crippen molar-refractivity contribution in [3.8, 4) is 5.75 Å². The Labute approximate surface area is 163 Å². The number of halogens is 1. The second kappa shape index (κ2) is 8.66. The number of hydrogen-bond acceptors (Lipinski definition) is 6. The van der Waals surface area contributed by atoms with Gasteiger partial charge in [-0.1, -0.05) is 5.21 Å². The zero-order valence-corrected chi connectivity index (χ0v) is 16.2. The number of aromatic nitrogens is 3. The summed E-state index contributed by atoms with van der Waals surface area (Å²) >= 11 is 0. The summed E-state index contributed by atoms with van der Waals surface area (Å²) in [5, 5.41) is 21.8. The van der Waals surface area contributed by atoms with E-state index in [1.165, 1.54) is 24.1 Å². The van der Waals surface area contributed by atoms with Crippen LogP contribution in [-0.2, 0) is 17.9 Å². The molecule has 3 rings (SSSR count). The Morgan fingerprint density at radius 1 is 1.43 bits per heavy atom. The number of ether oxygens (including phenoxy) is 1. The fraction of sp³-hybridized carbons (Fsp3) is 0.526. The highest BCUT2D eigenvalue weighted by atomic mass is 19.1. The first-order chi connectivity index (χ1) is 13.4. The smallest absolute Gasteiger partial charge is 0.256 e. The molecule has 1 aromatic carbocycles. The van der Waals surface area contributed by atoms with Gasteiger partial charge in [0.25, 0.3) is 5.91 Å². The van der Waals surface area contributed by atoms with E-state index in [0.29, 0.717) is 43.8 Å². The summed E-state index contributed by atoms with van der Waals surface area (Å²) in [5.41, 5.74) is -0.292. The van der Waals surface area contributed by atoms with Gasteiger partial charge in [-0.2, -0.15) is 0 Å². The quantitative estimate of drug-likeness (QED) is 0.649. The van der Waals surface area contributed by atoms with Crippen LogP contribution in [0.25, 0.3) is 0 Å². The summed E-state index contributed by atoms with van der Waals surface area (Å²) in [4.78, 5) is 14.3. The van der Waals surface area contributed by atoms with E-state index >= 15 is 0 Å². The molecule has 152 valence electrons. The number of hydrogen-bond donors (Lipinski definition) is 2. The summed E-state index contributed by atoms with van der Waals surface area (Å²) < 4.78 is 20.9. The zero-order chi connectivity index (χ0) is 20.1. The van der Waals surface area contributed by atoms with Crippen LogP contribution in [0, 0.1) is 12.7 Å². The number of aliphatic hydroxyl groups is 1. The molecule has 28 heavy (non-hydrogen) atoms. The molecule has 0 saturated carbocycles. The Balaban J connectivity index is 1.57. The third-order valence-corrected chi connectivity index (χ3v) is 4.91. The molecule has 1 aliphatic heterocycles. The molecule has 1 aliphatic rings. The second-order valence-electron chi connectivity index (χ2n) is 7.12. The van der Waals surface area contributed by atoms with Gasteiger partial charge in [0.15, 0.2) is 5.60 Å². The molecule has 8 nitrogen and oxygen atoms in total. The summed E-state index contributed by atoms with van der Waals surface area (Å²) in [6, 6.07) is 4.44. The van der Waals surface area contributed by atoms with Gasteiger partial charge >= 0.3 is 0 Å². The topological polar surface area (TPSA) is 92.5 Å². The fourth-order valence-corrected chi connectivity index (χ4v) is 3.38. The van der Waals surface area contributed by atoms with E-state index < -0.39 is 11.4 Å². The highest BCUT2D eigenvalue weighted by Gasteiger charge is 2.41. The first-order valence-corrected chi connectivity index (χ1v) is 9.33. The van der Waals surface area contributed by atoms with Gasteiger partial charge in [-0.15, -0.1) is 5.10 Å². The Hall–Kier alpha value is -2.52. The number of carbonyl (C=O) groups is 1. The molecule has 1 aromatic heterocycles. The van der Waals surface area contributed by atoms with Crippen LogP contribution >= 0.6 is 0 Å². The zero-order valence-electron chi connectivity index (χ0n) is 16.2. The average Bonchev–Trinajstić information content (AvgIpc) is 3.10. The van der Waals surface area contributed by atoms with E-state index in [2.05, 4.69) is 15.6 Å². The number of nitrogens with zero attached hydrogens (tertiary/aromatic N) is 4. The van der Waals surface area contributed by atoms with Crippen LogP contribution in [0.5, 0.6) is 5.75 Å². The predicted octanol–water partition coefficient (Wildman–Crippen LogP) is 0.878. The van der Waals surface area contributed by atoms with Crippen LogP contribution in [0.1, 0.15) is 24.1 Å². The number of amides is 1. The lowest BCUT2D eigenvalue weighted by molar-refractivity contribution is -0.157. The fourth-order valence-electron chi connectivity index (χ4n) is 3.38. The maximum Gasteiger partial charge on any atom is 0.256 e. The minimum absolute atomic E-state index is 0.0996. The molecular weight excluding hydrogens is 365 g/mol. The normalized spacial score (nSPS) is 19.9. The molecule has 1 saturated heterocycles. The Morgan fingerprint density at radius 2 is 2.25 bits per heavy atom. The van der Waals surface area contributed by atoms with Gasteiger partial charge in [0, 0.05) is 37.9 Å². The number of piperidine rings is 1. The average molecular weight is 391 g/mol. The lowest BCUT2D eigenvalue weighted by Gasteiger charge is -2.38. The van der Waals surface area contributed by atoms with Crippen molar-refractivity contribution < 1.29 is 19.0 Å². The molecule has 2 heterocycles. The van der Waals surface area contributed by atoms with Crippen molar-refractivity contribution in [2.45, 2.75) is 38.5 Å². The lowest BCUT2D eigenvalue weighted by Crippen LogP contribution is -2.57. The van der Waals surface area contributed by atoms with Crippen LogP contribution in [0.3, 0.4) is 0 Å². The molecule has 1 fully saturated rings. The molecule has 0 spiro atoms. The number of benzene rings is 1. The predicted molar refractivity (Wildman–Crippen MR) is 100 cm³/mol. The first kappa shape index (κ1) is 20.2. The van der Waals surface area contributed by atoms with E-state index in [1.807, 2.05) is 13.1 Å². The highest BCUT2D eigenvalue weighted by Crippen LogP contribution is 2.25. The maximum atomic E-state index is 14.1. The van der Waals surface area contributed by atoms with Crippen molar-refractivity contribution >= 4 is 5.91 Å². The Kier molecular flexibility index (Phi) is 6.25. The van der Waals surface area contributed by atoms with Gasteiger partial charge < -0.3 is 20.1 Å². The monoisotopic (exact) mass is 391 g/mol. The van der Waals surface area contributed by atoms with E-state index in [9.17, 15) is 14.3 Å². The van der Waals surface area contributed by atoms with Gasteiger partial charge in [0.1, 0.15) is 11.6 Å². The molecule has 0 bridgehead atoms. The lowest BCUT2D eigenvalue weighted by atomic mass is 9.91. The van der Waals surface area contributed by atoms with Gasteiger partial charge in [-0.3, -0.25) is 9.48 Å². The third-order valence-electron chi connectivity index (χ3n) is 4.91. The molecule has 0 aliphatic carbocycles. The van der Waals surface area contributed by atoms with Gasteiger partial charge in [-0.25, -0.2) is 4.39 Å². The maximum absolute atomic E-state index is 14.1. The second-order valence-corrected chi connectivity index (χ2v) is 7.12. The minimum atomic E-state index is -1.49. The van der Waals surface area contributed by atoms with Crippen LogP contribution in [0.2, 0.25) is 0 Å². The van der Waals surface area contributed by atoms with E-state index in [0.717, 1.165) is 5.69 Å². The van der Waals surface area contributed by atoms with Crippen LogP contribution < -0.4 is 10.1 Å². The number of nitrogens with one attached hydrogen (secondary N) is 1. The molecule has 0 radical (unpaired) electrons. The van der Waals surface area contributed by atoms with Crippen molar-refractivity contribution in [1.29, 1.82) is 0 Å². The van der Waals surface area contributed by atoms with Gasteiger partial charge in [0.05, 0.1) is 19.3 Å². The van der Waals surface area contributed by atoms with Crippen molar-refractivity contribution in [2.24, 2.45) is 0 Å². The molecule has 0 unspecified atom stereocenters. The first-order valence-electron chi connectivity index (χ1n) is 9.33. The van der Waals surface area contributed by atoms with Crippen LogP contribution in [0.15, 0.2) is 24.4 Å². The van der Waals surface area contributed by atoms with E-state index in [1.54, 1.807) is 10.7 Å². The molecule has 1 amide bonds. The number of rotatable bonds is 8.